The Kier molecular flexibility index (Phi) is 6.52. The molecule has 12 heteroatoms. The van der Waals surface area contributed by atoms with Gasteiger partial charge in [-0.1, -0.05) is 6.92 Å². The fourth-order valence-corrected chi connectivity index (χ4v) is 2.07. The normalized spacial score (nSPS) is 18.5. The molecule has 1 atom stereocenters. The summed E-state index contributed by atoms with van der Waals surface area (Å²) in [6.45, 7) is 1.80. The van der Waals surface area contributed by atoms with E-state index in [0.29, 0.717) is 19.3 Å². The summed E-state index contributed by atoms with van der Waals surface area (Å²) in [7, 11) is -4.84. The van der Waals surface area contributed by atoms with Crippen LogP contribution in [0.5, 0.6) is 0 Å². The molecule has 0 aromatic carbocycles. The number of rotatable bonds is 4. The second-order valence-corrected chi connectivity index (χ2v) is 5.54. The van der Waals surface area contributed by atoms with E-state index in [-0.39, 0.29) is 13.0 Å². The first-order valence-corrected chi connectivity index (χ1v) is 7.92. The Morgan fingerprint density at radius 3 is 2.55 bits per heavy atom. The Hall–Kier alpha value is -1.92. The Bertz CT molecular complexity index is 535. The first-order chi connectivity index (χ1) is 10.2. The molecule has 1 rings (SSSR count). The van der Waals surface area contributed by atoms with E-state index in [9.17, 15) is 22.8 Å². The summed E-state index contributed by atoms with van der Waals surface area (Å²) >= 11 is 0. The molecule has 1 aliphatic heterocycles. The highest BCUT2D eigenvalue weighted by Gasteiger charge is 2.33. The Balaban J connectivity index is 2.64. The summed E-state index contributed by atoms with van der Waals surface area (Å²) in [6.07, 6.45) is 1.82. The van der Waals surface area contributed by atoms with Gasteiger partial charge in [-0.15, -0.1) is 4.28 Å². The van der Waals surface area contributed by atoms with Gasteiger partial charge in [0.25, 0.3) is 5.91 Å². The number of nitrogens with one attached hydrogen (secondary N) is 3. The molecule has 0 aromatic heterocycles. The third-order valence-corrected chi connectivity index (χ3v) is 3.24. The van der Waals surface area contributed by atoms with Crippen LogP contribution in [0.1, 0.15) is 32.6 Å². The number of hydroxylamine groups is 1. The highest BCUT2D eigenvalue weighted by atomic mass is 32.3. The van der Waals surface area contributed by atoms with Gasteiger partial charge in [0.15, 0.2) is 0 Å². The van der Waals surface area contributed by atoms with Crippen molar-refractivity contribution < 1.29 is 31.6 Å². The van der Waals surface area contributed by atoms with E-state index in [2.05, 4.69) is 15.1 Å². The van der Waals surface area contributed by atoms with Crippen LogP contribution in [0.25, 0.3) is 0 Å². The number of nitrogens with zero attached hydrogens (tertiary/aromatic N) is 1. The average Bonchev–Trinajstić information content (AvgIpc) is 2.49. The lowest BCUT2D eigenvalue weighted by atomic mass is 10.0. The summed E-state index contributed by atoms with van der Waals surface area (Å²) in [4.78, 5) is 35.9. The molecule has 0 unspecified atom stereocenters. The van der Waals surface area contributed by atoms with Crippen molar-refractivity contribution in [3.63, 3.8) is 0 Å². The van der Waals surface area contributed by atoms with Crippen LogP contribution in [0.4, 0.5) is 4.79 Å². The number of hydrogen-bond donors (Lipinski definition) is 4. The largest absolute Gasteiger partial charge is 0.418 e. The number of carbonyl (C=O) groups excluding carboxylic acids is 3. The number of urea groups is 1. The highest BCUT2D eigenvalue weighted by Crippen LogP contribution is 2.17. The first kappa shape index (κ1) is 18.1. The van der Waals surface area contributed by atoms with Gasteiger partial charge in [-0.05, 0) is 19.3 Å². The number of likely N-dealkylation sites (tertiary alicyclic amines) is 1. The van der Waals surface area contributed by atoms with Crippen LogP contribution >= 0.6 is 0 Å². The molecule has 4 N–H and O–H groups in total. The minimum Gasteiger partial charge on any atom is -0.311 e. The summed E-state index contributed by atoms with van der Waals surface area (Å²) in [5, 5.41) is 0. The third kappa shape index (κ3) is 5.83. The van der Waals surface area contributed by atoms with E-state index < -0.39 is 34.3 Å². The molecular weight excluding hydrogens is 320 g/mol. The fraction of sp³-hybridized carbons (Fsp3) is 0.700. The van der Waals surface area contributed by atoms with Crippen molar-refractivity contribution in [2.24, 2.45) is 0 Å². The Morgan fingerprint density at radius 2 is 1.95 bits per heavy atom. The van der Waals surface area contributed by atoms with Crippen molar-refractivity contribution in [3.8, 4) is 0 Å². The van der Waals surface area contributed by atoms with Gasteiger partial charge in [0.2, 0.25) is 5.91 Å². The highest BCUT2D eigenvalue weighted by molar-refractivity contribution is 7.80. The molecule has 1 saturated heterocycles. The van der Waals surface area contributed by atoms with Gasteiger partial charge in [-0.2, -0.15) is 13.9 Å². The zero-order chi connectivity index (χ0) is 16.8. The lowest BCUT2D eigenvalue weighted by Gasteiger charge is -2.33. The van der Waals surface area contributed by atoms with Gasteiger partial charge in [0, 0.05) is 13.0 Å². The van der Waals surface area contributed by atoms with Gasteiger partial charge >= 0.3 is 16.4 Å². The predicted octanol–water partition coefficient (Wildman–Crippen LogP) is -1.16. The zero-order valence-electron chi connectivity index (χ0n) is 11.9. The van der Waals surface area contributed by atoms with Crippen molar-refractivity contribution in [1.82, 2.24) is 21.2 Å². The Morgan fingerprint density at radius 1 is 1.27 bits per heavy atom. The molecule has 0 aromatic rings. The molecule has 0 aliphatic carbocycles. The molecular formula is C10H18N4O7S. The van der Waals surface area contributed by atoms with Gasteiger partial charge in [0.05, 0.1) is 0 Å². The Labute approximate surface area is 127 Å². The summed E-state index contributed by atoms with van der Waals surface area (Å²) in [5.74, 6) is -1.00. The smallest absolute Gasteiger partial charge is 0.311 e. The molecule has 0 saturated carbocycles. The predicted molar refractivity (Wildman–Crippen MR) is 72.1 cm³/mol. The van der Waals surface area contributed by atoms with Gasteiger partial charge in [-0.3, -0.25) is 25.0 Å². The summed E-state index contributed by atoms with van der Waals surface area (Å²) < 4.78 is 33.0. The van der Waals surface area contributed by atoms with E-state index in [1.54, 1.807) is 6.92 Å². The quantitative estimate of drug-likeness (QED) is 0.372. The first-order valence-electron chi connectivity index (χ1n) is 6.55. The van der Waals surface area contributed by atoms with Crippen LogP contribution in [0, 0.1) is 0 Å². The molecule has 1 fully saturated rings. The second kappa shape index (κ2) is 7.91. The number of hydrogen-bond acceptors (Lipinski definition) is 6. The standard InChI is InChI=1S/C10H18N4O7S/c1-2-8(15)11-12-9(16)7-5-3-4-6-14(7)10(17)13-21-22(18,19)20/h7H,2-6H2,1H3,(H,11,15)(H,12,16)(H,13,17)(H,18,19,20)/t7-/m0/s1. The molecule has 0 bridgehead atoms. The lowest BCUT2D eigenvalue weighted by molar-refractivity contribution is -0.132. The van der Waals surface area contributed by atoms with E-state index >= 15 is 0 Å². The zero-order valence-corrected chi connectivity index (χ0v) is 12.7. The van der Waals surface area contributed by atoms with Gasteiger partial charge in [0.1, 0.15) is 6.04 Å². The van der Waals surface area contributed by atoms with Crippen molar-refractivity contribution in [2.45, 2.75) is 38.6 Å². The van der Waals surface area contributed by atoms with Crippen LogP contribution in [0.15, 0.2) is 0 Å². The van der Waals surface area contributed by atoms with Gasteiger partial charge < -0.3 is 4.90 Å². The molecule has 1 heterocycles. The minimum atomic E-state index is -4.84. The molecule has 0 radical (unpaired) electrons. The van der Waals surface area contributed by atoms with Crippen LogP contribution in [0.3, 0.4) is 0 Å². The number of piperidine rings is 1. The number of amides is 4. The molecule has 0 spiro atoms. The van der Waals surface area contributed by atoms with Gasteiger partial charge in [-0.25, -0.2) is 4.79 Å². The molecule has 126 valence electrons. The monoisotopic (exact) mass is 338 g/mol. The SMILES string of the molecule is CCC(=O)NNC(=O)[C@@H]1CCCCN1C(=O)NOS(=O)(=O)O. The van der Waals surface area contributed by atoms with E-state index in [4.69, 9.17) is 4.55 Å². The van der Waals surface area contributed by atoms with Crippen LogP contribution < -0.4 is 16.3 Å². The van der Waals surface area contributed by atoms with E-state index in [1.165, 1.54) is 5.48 Å². The van der Waals surface area contributed by atoms with Crippen LogP contribution in [-0.2, 0) is 24.3 Å². The maximum Gasteiger partial charge on any atom is 0.418 e. The summed E-state index contributed by atoms with van der Waals surface area (Å²) in [6, 6.07) is -1.88. The number of hydrazine groups is 1. The fourth-order valence-electron chi connectivity index (χ4n) is 1.90. The maximum atomic E-state index is 12.0. The van der Waals surface area contributed by atoms with Crippen LogP contribution in [-0.4, -0.2) is 48.3 Å². The number of carbonyl (C=O) groups is 3. The maximum absolute atomic E-state index is 12.0. The third-order valence-electron chi connectivity index (χ3n) is 2.95. The molecule has 22 heavy (non-hydrogen) atoms. The lowest BCUT2D eigenvalue weighted by Crippen LogP contribution is -2.57. The molecule has 1 aliphatic rings. The van der Waals surface area contributed by atoms with Crippen LogP contribution in [0.2, 0.25) is 0 Å². The molecule has 4 amide bonds. The average molecular weight is 338 g/mol. The van der Waals surface area contributed by atoms with Crippen molar-refractivity contribution >= 4 is 28.2 Å². The minimum absolute atomic E-state index is 0.178. The van der Waals surface area contributed by atoms with Crippen molar-refractivity contribution in [3.05, 3.63) is 0 Å². The second-order valence-electron chi connectivity index (χ2n) is 4.51. The van der Waals surface area contributed by atoms with E-state index in [0.717, 1.165) is 4.90 Å². The topological polar surface area (TPSA) is 154 Å². The van der Waals surface area contributed by atoms with Crippen molar-refractivity contribution in [1.29, 1.82) is 0 Å². The van der Waals surface area contributed by atoms with Crippen molar-refractivity contribution in [2.75, 3.05) is 6.54 Å². The summed E-state index contributed by atoms with van der Waals surface area (Å²) in [5.41, 5.74) is 5.91. The van der Waals surface area contributed by atoms with E-state index in [1.807, 2.05) is 0 Å². The molecule has 11 nitrogen and oxygen atoms in total.